The number of hydrogen-bond donors (Lipinski definition) is 2. The maximum atomic E-state index is 12.4. The fraction of sp³-hybridized carbons (Fsp3) is 0.364. The summed E-state index contributed by atoms with van der Waals surface area (Å²) in [4.78, 5) is 0.0176. The van der Waals surface area contributed by atoms with Crippen LogP contribution in [0.5, 0.6) is 0 Å². The van der Waals surface area contributed by atoms with Gasteiger partial charge in [0.25, 0.3) is 0 Å². The van der Waals surface area contributed by atoms with Crippen LogP contribution in [-0.4, -0.2) is 35.1 Å². The van der Waals surface area contributed by atoms with Gasteiger partial charge in [0.2, 0.25) is 10.0 Å². The molecule has 0 saturated carbocycles. The van der Waals surface area contributed by atoms with E-state index >= 15 is 0 Å². The Labute approximate surface area is 110 Å². The highest BCUT2D eigenvalue weighted by Crippen LogP contribution is 2.22. The maximum absolute atomic E-state index is 12.4. The molecule has 0 atom stereocenters. The molecule has 7 nitrogen and oxygen atoms in total. The smallest absolute Gasteiger partial charge is 0.246 e. The Hall–Kier alpha value is -1.64. The lowest BCUT2D eigenvalue weighted by Gasteiger charge is -2.16. The quantitative estimate of drug-likeness (QED) is 0.839. The second-order valence-corrected chi connectivity index (χ2v) is 6.10. The van der Waals surface area contributed by atoms with E-state index in [4.69, 9.17) is 9.52 Å². The van der Waals surface area contributed by atoms with Gasteiger partial charge in [-0.3, -0.25) is 5.10 Å². The summed E-state index contributed by atoms with van der Waals surface area (Å²) in [6, 6.07) is 3.39. The summed E-state index contributed by atoms with van der Waals surface area (Å²) in [7, 11) is -2.28. The summed E-state index contributed by atoms with van der Waals surface area (Å²) in [5.74, 6) is 0.540. The van der Waals surface area contributed by atoms with Gasteiger partial charge in [0.05, 0.1) is 25.1 Å². The minimum Gasteiger partial charge on any atom is -0.468 e. The van der Waals surface area contributed by atoms with E-state index in [2.05, 4.69) is 10.2 Å². The Morgan fingerprint density at radius 1 is 1.53 bits per heavy atom. The van der Waals surface area contributed by atoms with Crippen LogP contribution in [0.1, 0.15) is 17.1 Å². The van der Waals surface area contributed by atoms with Gasteiger partial charge in [0.15, 0.2) is 0 Å². The molecular formula is C11H15N3O4S. The van der Waals surface area contributed by atoms with Gasteiger partial charge in [-0.25, -0.2) is 8.42 Å². The molecule has 0 amide bonds. The maximum Gasteiger partial charge on any atom is 0.246 e. The van der Waals surface area contributed by atoms with Crippen LogP contribution in [0.4, 0.5) is 0 Å². The lowest BCUT2D eigenvalue weighted by Crippen LogP contribution is -2.27. The number of nitrogens with zero attached hydrogens (tertiary/aromatic N) is 2. The molecule has 0 radical (unpaired) electrons. The Balaban J connectivity index is 2.33. The standard InChI is InChI=1S/C11H15N3O4S/c1-8-11(10(7-15)13-12-8)19(16,17)14(2)6-9-4-3-5-18-9/h3-5,15H,6-7H2,1-2H3,(H,12,13). The lowest BCUT2D eigenvalue weighted by molar-refractivity contribution is 0.273. The first kappa shape index (κ1) is 13.8. The van der Waals surface area contributed by atoms with Crippen LogP contribution < -0.4 is 0 Å². The summed E-state index contributed by atoms with van der Waals surface area (Å²) in [6.45, 7) is 1.28. The number of aromatic amines is 1. The molecule has 0 fully saturated rings. The SMILES string of the molecule is Cc1[nH]nc(CO)c1S(=O)(=O)N(C)Cc1ccco1. The zero-order valence-electron chi connectivity index (χ0n) is 10.6. The molecule has 2 aromatic heterocycles. The van der Waals surface area contributed by atoms with Gasteiger partial charge in [-0.05, 0) is 19.1 Å². The van der Waals surface area contributed by atoms with Gasteiger partial charge in [0, 0.05) is 7.05 Å². The third-order valence-electron chi connectivity index (χ3n) is 2.74. The van der Waals surface area contributed by atoms with E-state index < -0.39 is 16.6 Å². The highest BCUT2D eigenvalue weighted by Gasteiger charge is 2.28. The van der Waals surface area contributed by atoms with Gasteiger partial charge in [-0.15, -0.1) is 0 Å². The molecule has 8 heteroatoms. The fourth-order valence-corrected chi connectivity index (χ4v) is 3.23. The Bertz CT molecular complexity index is 646. The largest absolute Gasteiger partial charge is 0.468 e. The zero-order valence-corrected chi connectivity index (χ0v) is 11.4. The summed E-state index contributed by atoms with van der Waals surface area (Å²) >= 11 is 0. The van der Waals surface area contributed by atoms with Crippen LogP contribution in [0, 0.1) is 6.92 Å². The van der Waals surface area contributed by atoms with Crippen LogP contribution >= 0.6 is 0 Å². The van der Waals surface area contributed by atoms with Crippen LogP contribution in [0.3, 0.4) is 0 Å². The van der Waals surface area contributed by atoms with Crippen molar-refractivity contribution in [2.24, 2.45) is 0 Å². The predicted molar refractivity (Wildman–Crippen MR) is 66.6 cm³/mol. The van der Waals surface area contributed by atoms with Crippen molar-refractivity contribution in [3.8, 4) is 0 Å². The summed E-state index contributed by atoms with van der Waals surface area (Å²) in [6.07, 6.45) is 1.48. The van der Waals surface area contributed by atoms with Crippen LogP contribution in [0.2, 0.25) is 0 Å². The second kappa shape index (κ2) is 5.16. The van der Waals surface area contributed by atoms with Crippen molar-refractivity contribution in [1.29, 1.82) is 0 Å². The number of nitrogens with one attached hydrogen (secondary N) is 1. The van der Waals surface area contributed by atoms with E-state index in [0.717, 1.165) is 4.31 Å². The molecule has 104 valence electrons. The molecule has 0 aliphatic rings. The third kappa shape index (κ3) is 2.55. The van der Waals surface area contributed by atoms with Crippen molar-refractivity contribution in [3.05, 3.63) is 35.5 Å². The van der Waals surface area contributed by atoms with E-state index in [1.165, 1.54) is 13.3 Å². The average molecular weight is 285 g/mol. The predicted octanol–water partition coefficient (Wildman–Crippen LogP) is 0.624. The van der Waals surface area contributed by atoms with Gasteiger partial charge >= 0.3 is 0 Å². The van der Waals surface area contributed by atoms with Gasteiger partial charge in [-0.1, -0.05) is 0 Å². The van der Waals surface area contributed by atoms with E-state index in [-0.39, 0.29) is 17.1 Å². The normalized spacial score (nSPS) is 12.2. The Kier molecular flexibility index (Phi) is 3.74. The minimum absolute atomic E-state index is 0.0176. The molecule has 2 heterocycles. The third-order valence-corrected chi connectivity index (χ3v) is 4.75. The van der Waals surface area contributed by atoms with Crippen molar-refractivity contribution in [1.82, 2.24) is 14.5 Å². The van der Waals surface area contributed by atoms with Crippen LogP contribution in [0.25, 0.3) is 0 Å². The summed E-state index contributed by atoms with van der Waals surface area (Å²) < 4.78 is 31.1. The topological polar surface area (TPSA) is 99.4 Å². The number of aromatic nitrogens is 2. The molecule has 0 spiro atoms. The molecule has 0 aliphatic carbocycles. The molecule has 0 aliphatic heterocycles. The Morgan fingerprint density at radius 3 is 2.84 bits per heavy atom. The highest BCUT2D eigenvalue weighted by atomic mass is 32.2. The lowest BCUT2D eigenvalue weighted by atomic mass is 10.4. The monoisotopic (exact) mass is 285 g/mol. The zero-order chi connectivity index (χ0) is 14.0. The summed E-state index contributed by atoms with van der Waals surface area (Å²) in [5, 5.41) is 15.5. The van der Waals surface area contributed by atoms with Crippen molar-refractivity contribution in [2.45, 2.75) is 25.0 Å². The first-order valence-electron chi connectivity index (χ1n) is 5.60. The van der Waals surface area contributed by atoms with E-state index in [0.29, 0.717) is 11.5 Å². The van der Waals surface area contributed by atoms with Gasteiger partial charge in [-0.2, -0.15) is 9.40 Å². The number of H-pyrrole nitrogens is 1. The minimum atomic E-state index is -3.73. The second-order valence-electron chi connectivity index (χ2n) is 4.12. The van der Waals surface area contributed by atoms with E-state index in [9.17, 15) is 8.42 Å². The molecule has 19 heavy (non-hydrogen) atoms. The molecule has 0 aromatic carbocycles. The molecule has 2 N–H and O–H groups in total. The fourth-order valence-electron chi connectivity index (χ4n) is 1.78. The first-order valence-corrected chi connectivity index (χ1v) is 7.04. The van der Waals surface area contributed by atoms with Crippen LogP contribution in [-0.2, 0) is 23.2 Å². The van der Waals surface area contributed by atoms with Gasteiger partial charge < -0.3 is 9.52 Å². The number of aliphatic hydroxyl groups excluding tert-OH is 1. The van der Waals surface area contributed by atoms with E-state index in [1.807, 2.05) is 0 Å². The number of rotatable bonds is 5. The molecular weight excluding hydrogens is 270 g/mol. The number of aliphatic hydroxyl groups is 1. The molecule has 0 bridgehead atoms. The molecule has 2 aromatic rings. The average Bonchev–Trinajstić information content (AvgIpc) is 2.98. The molecule has 0 saturated heterocycles. The Morgan fingerprint density at radius 2 is 2.26 bits per heavy atom. The highest BCUT2D eigenvalue weighted by molar-refractivity contribution is 7.89. The molecule has 0 unspecified atom stereocenters. The van der Waals surface area contributed by atoms with Crippen molar-refractivity contribution in [3.63, 3.8) is 0 Å². The van der Waals surface area contributed by atoms with Crippen molar-refractivity contribution >= 4 is 10.0 Å². The number of hydrogen-bond acceptors (Lipinski definition) is 5. The van der Waals surface area contributed by atoms with Crippen LogP contribution in [0.15, 0.2) is 27.7 Å². The van der Waals surface area contributed by atoms with Crippen molar-refractivity contribution in [2.75, 3.05) is 7.05 Å². The molecule has 2 rings (SSSR count). The van der Waals surface area contributed by atoms with Gasteiger partial charge in [0.1, 0.15) is 16.3 Å². The number of furan rings is 1. The number of aryl methyl sites for hydroxylation is 1. The first-order chi connectivity index (χ1) is 8.96. The van der Waals surface area contributed by atoms with Crippen molar-refractivity contribution < 1.29 is 17.9 Å². The van der Waals surface area contributed by atoms with E-state index in [1.54, 1.807) is 19.1 Å². The summed E-state index contributed by atoms with van der Waals surface area (Å²) in [5.41, 5.74) is 0.513. The number of sulfonamides is 1.